The third-order valence-corrected chi connectivity index (χ3v) is 5.11. The van der Waals surface area contributed by atoms with E-state index in [2.05, 4.69) is 5.32 Å². The van der Waals surface area contributed by atoms with Gasteiger partial charge in [-0.3, -0.25) is 14.4 Å². The van der Waals surface area contributed by atoms with Gasteiger partial charge < -0.3 is 16.0 Å². The van der Waals surface area contributed by atoms with Gasteiger partial charge in [0, 0.05) is 24.0 Å². The van der Waals surface area contributed by atoms with Crippen LogP contribution in [0, 0.1) is 0 Å². The highest BCUT2D eigenvalue weighted by Gasteiger charge is 2.20. The number of amides is 3. The van der Waals surface area contributed by atoms with Gasteiger partial charge in [0.2, 0.25) is 5.91 Å². The molecule has 2 aromatic carbocycles. The van der Waals surface area contributed by atoms with Gasteiger partial charge in [0.05, 0.1) is 6.42 Å². The Morgan fingerprint density at radius 2 is 1.78 bits per heavy atom. The van der Waals surface area contributed by atoms with Crippen LogP contribution in [0.25, 0.3) is 10.1 Å². The third kappa shape index (κ3) is 4.51. The molecule has 0 bridgehead atoms. The Morgan fingerprint density at radius 1 is 1.07 bits per heavy atom. The summed E-state index contributed by atoms with van der Waals surface area (Å²) in [6.07, 6.45) is 0.129. The highest BCUT2D eigenvalue weighted by Crippen LogP contribution is 2.26. The lowest BCUT2D eigenvalue weighted by atomic mass is 10.1. The maximum Gasteiger partial charge on any atom is 0.313 e. The fraction of sp³-hybridized carbons (Fsp3) is 0.150. The number of anilines is 1. The number of thiophene rings is 1. The molecule has 7 heteroatoms. The fourth-order valence-corrected chi connectivity index (χ4v) is 3.70. The molecule has 0 aliphatic heterocycles. The molecule has 27 heavy (non-hydrogen) atoms. The number of nitrogens with zero attached hydrogens (tertiary/aromatic N) is 1. The van der Waals surface area contributed by atoms with Crippen molar-refractivity contribution in [2.24, 2.45) is 5.73 Å². The van der Waals surface area contributed by atoms with Crippen LogP contribution in [0.2, 0.25) is 0 Å². The molecule has 138 valence electrons. The van der Waals surface area contributed by atoms with Crippen LogP contribution in [0.1, 0.15) is 11.1 Å². The van der Waals surface area contributed by atoms with Gasteiger partial charge in [-0.1, -0.05) is 30.3 Å². The number of hydrogen-bond donors (Lipinski definition) is 2. The fourth-order valence-electron chi connectivity index (χ4n) is 2.75. The van der Waals surface area contributed by atoms with Crippen LogP contribution < -0.4 is 11.1 Å². The van der Waals surface area contributed by atoms with Gasteiger partial charge in [-0.15, -0.1) is 11.3 Å². The Hall–Kier alpha value is -3.19. The molecular weight excluding hydrogens is 362 g/mol. The summed E-state index contributed by atoms with van der Waals surface area (Å²) in [5.74, 6) is -1.75. The summed E-state index contributed by atoms with van der Waals surface area (Å²) in [4.78, 5) is 36.9. The maximum absolute atomic E-state index is 12.4. The number of benzene rings is 2. The van der Waals surface area contributed by atoms with E-state index >= 15 is 0 Å². The summed E-state index contributed by atoms with van der Waals surface area (Å²) >= 11 is 1.61. The maximum atomic E-state index is 12.4. The van der Waals surface area contributed by atoms with E-state index in [1.54, 1.807) is 42.6 Å². The first-order chi connectivity index (χ1) is 12.9. The number of primary amides is 1. The summed E-state index contributed by atoms with van der Waals surface area (Å²) in [6, 6.07) is 14.6. The van der Waals surface area contributed by atoms with Crippen LogP contribution >= 0.6 is 11.3 Å². The van der Waals surface area contributed by atoms with Crippen molar-refractivity contribution >= 4 is 44.8 Å². The molecule has 3 aromatic rings. The zero-order valence-corrected chi connectivity index (χ0v) is 15.6. The second kappa shape index (κ2) is 8.01. The molecule has 0 fully saturated rings. The van der Waals surface area contributed by atoms with E-state index in [0.29, 0.717) is 12.2 Å². The number of nitrogens with two attached hydrogens (primary N) is 1. The third-order valence-electron chi connectivity index (χ3n) is 4.10. The predicted octanol–water partition coefficient (Wildman–Crippen LogP) is 2.53. The molecule has 1 aromatic heterocycles. The first kappa shape index (κ1) is 18.6. The van der Waals surface area contributed by atoms with Gasteiger partial charge in [0.15, 0.2) is 0 Å². The Kier molecular flexibility index (Phi) is 5.52. The molecule has 0 radical (unpaired) electrons. The minimum absolute atomic E-state index is 0.129. The second-order valence-corrected chi connectivity index (χ2v) is 7.12. The standard InChI is InChI=1S/C20H19N3O3S/c1-23(11-14-12-27-17-5-3-2-4-16(14)17)20(26)19(25)22-15-8-6-13(7-9-15)10-18(21)24/h2-9,12H,10-11H2,1H3,(H2,21,24)(H,22,25). The number of nitrogens with one attached hydrogen (secondary N) is 1. The van der Waals surface area contributed by atoms with Crippen molar-refractivity contribution in [3.05, 3.63) is 65.0 Å². The molecule has 6 nitrogen and oxygen atoms in total. The van der Waals surface area contributed by atoms with Crippen molar-refractivity contribution in [2.45, 2.75) is 13.0 Å². The van der Waals surface area contributed by atoms with E-state index in [-0.39, 0.29) is 6.42 Å². The lowest BCUT2D eigenvalue weighted by Gasteiger charge is -2.16. The van der Waals surface area contributed by atoms with Crippen LogP contribution in [-0.4, -0.2) is 29.7 Å². The highest BCUT2D eigenvalue weighted by atomic mass is 32.1. The average Bonchev–Trinajstić information content (AvgIpc) is 3.05. The van der Waals surface area contributed by atoms with E-state index < -0.39 is 17.7 Å². The summed E-state index contributed by atoms with van der Waals surface area (Å²) in [5, 5.41) is 5.67. The molecule has 0 aliphatic carbocycles. The minimum atomic E-state index is -0.709. The molecule has 3 N–H and O–H groups in total. The van der Waals surface area contributed by atoms with Gasteiger partial charge in [-0.2, -0.15) is 0 Å². The second-order valence-electron chi connectivity index (χ2n) is 6.21. The predicted molar refractivity (Wildman–Crippen MR) is 106 cm³/mol. The normalized spacial score (nSPS) is 10.6. The number of rotatable bonds is 5. The molecule has 1 heterocycles. The summed E-state index contributed by atoms with van der Waals surface area (Å²) in [5.41, 5.74) is 7.38. The summed E-state index contributed by atoms with van der Waals surface area (Å²) in [6.45, 7) is 0.355. The molecule has 0 saturated heterocycles. The van der Waals surface area contributed by atoms with Crippen LogP contribution in [-0.2, 0) is 27.3 Å². The lowest BCUT2D eigenvalue weighted by molar-refractivity contribution is -0.142. The molecule has 3 amide bonds. The molecule has 0 atom stereocenters. The van der Waals surface area contributed by atoms with Gasteiger partial charge >= 0.3 is 11.8 Å². The largest absolute Gasteiger partial charge is 0.369 e. The Bertz CT molecular complexity index is 995. The number of hydrogen-bond acceptors (Lipinski definition) is 4. The van der Waals surface area contributed by atoms with Crippen LogP contribution in [0.5, 0.6) is 0 Å². The Labute approximate surface area is 160 Å². The first-order valence-electron chi connectivity index (χ1n) is 8.33. The number of likely N-dealkylation sites (N-methyl/N-ethyl adjacent to an activating group) is 1. The van der Waals surface area contributed by atoms with E-state index in [1.165, 1.54) is 4.90 Å². The van der Waals surface area contributed by atoms with Crippen molar-refractivity contribution in [3.63, 3.8) is 0 Å². The zero-order chi connectivity index (χ0) is 19.4. The average molecular weight is 381 g/mol. The Morgan fingerprint density at radius 3 is 2.48 bits per heavy atom. The number of fused-ring (bicyclic) bond motifs is 1. The van der Waals surface area contributed by atoms with Crippen molar-refractivity contribution in [3.8, 4) is 0 Å². The van der Waals surface area contributed by atoms with Gasteiger partial charge in [0.1, 0.15) is 0 Å². The van der Waals surface area contributed by atoms with Crippen molar-refractivity contribution in [1.82, 2.24) is 4.90 Å². The van der Waals surface area contributed by atoms with Gasteiger partial charge in [-0.05, 0) is 40.1 Å². The van der Waals surface area contributed by atoms with Crippen molar-refractivity contribution in [2.75, 3.05) is 12.4 Å². The molecule has 0 spiro atoms. The molecule has 0 aliphatic rings. The minimum Gasteiger partial charge on any atom is -0.369 e. The summed E-state index contributed by atoms with van der Waals surface area (Å²) < 4.78 is 1.15. The molecule has 3 rings (SSSR count). The van der Waals surface area contributed by atoms with Crippen molar-refractivity contribution < 1.29 is 14.4 Å². The van der Waals surface area contributed by atoms with Gasteiger partial charge in [-0.25, -0.2) is 0 Å². The first-order valence-corrected chi connectivity index (χ1v) is 9.21. The van der Waals surface area contributed by atoms with E-state index in [4.69, 9.17) is 5.73 Å². The molecular formula is C20H19N3O3S. The zero-order valence-electron chi connectivity index (χ0n) is 14.8. The lowest BCUT2D eigenvalue weighted by Crippen LogP contribution is -2.36. The molecule has 0 unspecified atom stereocenters. The smallest absolute Gasteiger partial charge is 0.313 e. The topological polar surface area (TPSA) is 92.5 Å². The van der Waals surface area contributed by atoms with Gasteiger partial charge in [0.25, 0.3) is 0 Å². The van der Waals surface area contributed by atoms with Crippen LogP contribution in [0.3, 0.4) is 0 Å². The van der Waals surface area contributed by atoms with E-state index in [9.17, 15) is 14.4 Å². The number of carbonyl (C=O) groups is 3. The summed E-state index contributed by atoms with van der Waals surface area (Å²) in [7, 11) is 1.60. The highest BCUT2D eigenvalue weighted by molar-refractivity contribution is 7.17. The molecule has 0 saturated carbocycles. The van der Waals surface area contributed by atoms with Crippen LogP contribution in [0.15, 0.2) is 53.9 Å². The van der Waals surface area contributed by atoms with Crippen LogP contribution in [0.4, 0.5) is 5.69 Å². The van der Waals surface area contributed by atoms with E-state index in [0.717, 1.165) is 21.2 Å². The number of carbonyl (C=O) groups excluding carboxylic acids is 3. The van der Waals surface area contributed by atoms with E-state index in [1.807, 2.05) is 29.6 Å². The monoisotopic (exact) mass is 381 g/mol. The Balaban J connectivity index is 1.62. The quantitative estimate of drug-likeness (QED) is 0.665. The van der Waals surface area contributed by atoms with Crippen molar-refractivity contribution in [1.29, 1.82) is 0 Å². The SMILES string of the molecule is CN(Cc1csc2ccccc12)C(=O)C(=O)Nc1ccc(CC(N)=O)cc1.